The summed E-state index contributed by atoms with van der Waals surface area (Å²) in [7, 11) is -1.41. The lowest BCUT2D eigenvalue weighted by Gasteiger charge is -2.30. The molecule has 0 radical (unpaired) electrons. The fourth-order valence-electron chi connectivity index (χ4n) is 1.59. The highest BCUT2D eigenvalue weighted by atomic mass is 32.2. The van der Waals surface area contributed by atoms with Gasteiger partial charge in [0.1, 0.15) is 0 Å². The zero-order chi connectivity index (χ0) is 12.9. The Morgan fingerprint density at radius 3 is 1.94 bits per heavy atom. The summed E-state index contributed by atoms with van der Waals surface area (Å²) in [6, 6.07) is 0.0201. The Bertz CT molecular complexity index is 286. The van der Waals surface area contributed by atoms with E-state index >= 15 is 0 Å². The van der Waals surface area contributed by atoms with Gasteiger partial charge in [0.2, 0.25) is 10.0 Å². The summed E-state index contributed by atoms with van der Waals surface area (Å²) in [6.07, 6.45) is 0. The SMILES string of the molecule is CNCC(C)S(=O)(=O)N(CC(C)C)C(C)C. The molecule has 0 aliphatic heterocycles. The van der Waals surface area contributed by atoms with Gasteiger partial charge >= 0.3 is 0 Å². The minimum atomic E-state index is -3.19. The van der Waals surface area contributed by atoms with Gasteiger partial charge in [0.15, 0.2) is 0 Å². The summed E-state index contributed by atoms with van der Waals surface area (Å²) in [5, 5.41) is 2.54. The summed E-state index contributed by atoms with van der Waals surface area (Å²) >= 11 is 0. The first kappa shape index (κ1) is 15.9. The molecule has 0 rings (SSSR count). The molecule has 0 aromatic carbocycles. The minimum absolute atomic E-state index is 0.0201. The average molecular weight is 250 g/mol. The molecule has 5 heteroatoms. The van der Waals surface area contributed by atoms with Crippen LogP contribution in [-0.4, -0.2) is 44.2 Å². The maximum absolute atomic E-state index is 12.3. The van der Waals surface area contributed by atoms with Crippen LogP contribution in [0.2, 0.25) is 0 Å². The van der Waals surface area contributed by atoms with Crippen LogP contribution >= 0.6 is 0 Å². The van der Waals surface area contributed by atoms with Gasteiger partial charge in [-0.15, -0.1) is 0 Å². The zero-order valence-corrected chi connectivity index (χ0v) is 12.1. The van der Waals surface area contributed by atoms with Crippen LogP contribution in [0.25, 0.3) is 0 Å². The molecule has 0 aliphatic rings. The van der Waals surface area contributed by atoms with Crippen molar-refractivity contribution in [3.8, 4) is 0 Å². The monoisotopic (exact) mass is 250 g/mol. The molecule has 4 nitrogen and oxygen atoms in total. The number of nitrogens with zero attached hydrogens (tertiary/aromatic N) is 1. The fraction of sp³-hybridized carbons (Fsp3) is 1.00. The molecule has 0 aromatic heterocycles. The number of hydrogen-bond donors (Lipinski definition) is 1. The van der Waals surface area contributed by atoms with Gasteiger partial charge in [-0.3, -0.25) is 0 Å². The number of sulfonamides is 1. The van der Waals surface area contributed by atoms with Crippen LogP contribution in [0.1, 0.15) is 34.6 Å². The summed E-state index contributed by atoms with van der Waals surface area (Å²) in [5.41, 5.74) is 0. The Morgan fingerprint density at radius 1 is 1.12 bits per heavy atom. The van der Waals surface area contributed by atoms with Gasteiger partial charge in [-0.05, 0) is 33.7 Å². The lowest BCUT2D eigenvalue weighted by molar-refractivity contribution is 0.315. The highest BCUT2D eigenvalue weighted by Crippen LogP contribution is 2.15. The normalized spacial score (nSPS) is 15.1. The zero-order valence-electron chi connectivity index (χ0n) is 11.3. The second-order valence-corrected chi connectivity index (χ2v) is 7.27. The highest BCUT2D eigenvalue weighted by molar-refractivity contribution is 7.89. The van der Waals surface area contributed by atoms with Gasteiger partial charge in [0.05, 0.1) is 5.25 Å². The van der Waals surface area contributed by atoms with Gasteiger partial charge in [-0.1, -0.05) is 13.8 Å². The van der Waals surface area contributed by atoms with E-state index in [-0.39, 0.29) is 11.3 Å². The van der Waals surface area contributed by atoms with E-state index in [0.29, 0.717) is 19.0 Å². The highest BCUT2D eigenvalue weighted by Gasteiger charge is 2.30. The van der Waals surface area contributed by atoms with E-state index in [1.165, 1.54) is 0 Å². The first-order valence-corrected chi connectivity index (χ1v) is 7.39. The van der Waals surface area contributed by atoms with Gasteiger partial charge < -0.3 is 5.32 Å². The van der Waals surface area contributed by atoms with E-state index in [4.69, 9.17) is 0 Å². The molecule has 1 N–H and O–H groups in total. The molecule has 1 atom stereocenters. The maximum Gasteiger partial charge on any atom is 0.218 e. The van der Waals surface area contributed by atoms with Crippen LogP contribution in [0, 0.1) is 5.92 Å². The Morgan fingerprint density at radius 2 is 1.62 bits per heavy atom. The van der Waals surface area contributed by atoms with Gasteiger partial charge in [-0.2, -0.15) is 4.31 Å². The smallest absolute Gasteiger partial charge is 0.218 e. The van der Waals surface area contributed by atoms with Crippen molar-refractivity contribution in [1.29, 1.82) is 0 Å². The molecule has 0 aliphatic carbocycles. The minimum Gasteiger partial charge on any atom is -0.318 e. The van der Waals surface area contributed by atoms with Gasteiger partial charge in [0, 0.05) is 19.1 Å². The van der Waals surface area contributed by atoms with E-state index in [1.54, 1.807) is 18.3 Å². The first-order valence-electron chi connectivity index (χ1n) is 5.88. The molecular formula is C11H26N2O2S. The molecule has 1 unspecified atom stereocenters. The Balaban J connectivity index is 4.90. The molecule has 0 bridgehead atoms. The van der Waals surface area contributed by atoms with E-state index in [1.807, 2.05) is 27.7 Å². The largest absolute Gasteiger partial charge is 0.318 e. The van der Waals surface area contributed by atoms with E-state index < -0.39 is 10.0 Å². The van der Waals surface area contributed by atoms with Crippen LogP contribution in [0.4, 0.5) is 0 Å². The first-order chi connectivity index (χ1) is 7.23. The summed E-state index contributed by atoms with van der Waals surface area (Å²) in [5.74, 6) is 0.346. The fourth-order valence-corrected chi connectivity index (χ4v) is 3.53. The third-order valence-electron chi connectivity index (χ3n) is 2.45. The molecular weight excluding hydrogens is 224 g/mol. The lowest BCUT2D eigenvalue weighted by Crippen LogP contribution is -2.46. The summed E-state index contributed by atoms with van der Waals surface area (Å²) < 4.78 is 26.2. The van der Waals surface area contributed by atoms with Crippen molar-refractivity contribution < 1.29 is 8.42 Å². The van der Waals surface area contributed by atoms with Gasteiger partial charge in [-0.25, -0.2) is 8.42 Å². The molecule has 0 aromatic rings. The predicted octanol–water partition coefficient (Wildman–Crippen LogP) is 1.29. The third kappa shape index (κ3) is 4.39. The van der Waals surface area contributed by atoms with Crippen molar-refractivity contribution in [2.24, 2.45) is 5.92 Å². The van der Waals surface area contributed by atoms with Crippen LogP contribution in [0.5, 0.6) is 0 Å². The molecule has 0 amide bonds. The van der Waals surface area contributed by atoms with Crippen molar-refractivity contribution in [2.75, 3.05) is 20.1 Å². The van der Waals surface area contributed by atoms with Crippen LogP contribution < -0.4 is 5.32 Å². The molecule has 0 heterocycles. The number of hydrogen-bond acceptors (Lipinski definition) is 3. The quantitative estimate of drug-likeness (QED) is 0.741. The average Bonchev–Trinajstić information content (AvgIpc) is 2.13. The standard InChI is InChI=1S/C11H26N2O2S/c1-9(2)8-13(10(3)4)16(14,15)11(5)7-12-6/h9-12H,7-8H2,1-6H3. The second-order valence-electron chi connectivity index (χ2n) is 4.97. The third-order valence-corrected chi connectivity index (χ3v) is 4.86. The van der Waals surface area contributed by atoms with E-state index in [9.17, 15) is 8.42 Å². The van der Waals surface area contributed by atoms with Crippen molar-refractivity contribution >= 4 is 10.0 Å². The second kappa shape index (κ2) is 6.57. The molecule has 0 spiro atoms. The summed E-state index contributed by atoms with van der Waals surface area (Å²) in [6.45, 7) is 10.7. The van der Waals surface area contributed by atoms with Crippen LogP contribution in [0.15, 0.2) is 0 Å². The van der Waals surface area contributed by atoms with Gasteiger partial charge in [0.25, 0.3) is 0 Å². The van der Waals surface area contributed by atoms with Crippen LogP contribution in [-0.2, 0) is 10.0 Å². The molecule has 98 valence electrons. The Labute approximate surface area is 100 Å². The van der Waals surface area contributed by atoms with E-state index in [0.717, 1.165) is 0 Å². The Hall–Kier alpha value is -0.130. The predicted molar refractivity (Wildman–Crippen MR) is 69.0 cm³/mol. The van der Waals surface area contributed by atoms with Crippen LogP contribution in [0.3, 0.4) is 0 Å². The molecule has 0 fully saturated rings. The topological polar surface area (TPSA) is 49.4 Å². The number of nitrogens with one attached hydrogen (secondary N) is 1. The van der Waals surface area contributed by atoms with Crippen molar-refractivity contribution in [2.45, 2.75) is 45.9 Å². The molecule has 0 saturated heterocycles. The summed E-state index contributed by atoms with van der Waals surface area (Å²) in [4.78, 5) is 0. The molecule has 0 saturated carbocycles. The van der Waals surface area contributed by atoms with Crippen molar-refractivity contribution in [3.63, 3.8) is 0 Å². The van der Waals surface area contributed by atoms with Crippen molar-refractivity contribution in [3.05, 3.63) is 0 Å². The number of rotatable bonds is 7. The molecule has 16 heavy (non-hydrogen) atoms. The lowest BCUT2D eigenvalue weighted by atomic mass is 10.2. The van der Waals surface area contributed by atoms with E-state index in [2.05, 4.69) is 5.32 Å². The Kier molecular flexibility index (Phi) is 6.51. The van der Waals surface area contributed by atoms with Crippen molar-refractivity contribution in [1.82, 2.24) is 9.62 Å². The maximum atomic E-state index is 12.3.